The van der Waals surface area contributed by atoms with E-state index in [1.807, 2.05) is 75.4 Å². The maximum absolute atomic E-state index is 12.5. The van der Waals surface area contributed by atoms with Crippen molar-refractivity contribution in [3.8, 4) is 11.5 Å². The average molecular weight is 534 g/mol. The molecule has 0 bridgehead atoms. The van der Waals surface area contributed by atoms with Crippen molar-refractivity contribution in [3.05, 3.63) is 71.9 Å². The Bertz CT molecular complexity index is 1190. The van der Waals surface area contributed by atoms with E-state index in [9.17, 15) is 4.79 Å². The van der Waals surface area contributed by atoms with Crippen LogP contribution in [0.15, 0.2) is 60.8 Å². The average Bonchev–Trinajstić information content (AvgIpc) is 3.38. The molecule has 1 aromatic heterocycles. The van der Waals surface area contributed by atoms with Crippen LogP contribution in [-0.4, -0.2) is 54.9 Å². The molecule has 2 heterocycles. The summed E-state index contributed by atoms with van der Waals surface area (Å²) >= 11 is 0. The van der Waals surface area contributed by atoms with Crippen molar-refractivity contribution in [2.24, 2.45) is 0 Å². The number of likely N-dealkylation sites (tertiary alicyclic amines) is 1. The molecule has 9 heteroatoms. The molecule has 0 aliphatic carbocycles. The predicted molar refractivity (Wildman–Crippen MR) is 154 cm³/mol. The lowest BCUT2D eigenvalue weighted by molar-refractivity contribution is 0.0293. The summed E-state index contributed by atoms with van der Waals surface area (Å²) in [5.41, 5.74) is 9.77. The number of nitrogen functional groups attached to an aromatic ring is 1. The van der Waals surface area contributed by atoms with Crippen LogP contribution in [-0.2, 0) is 17.8 Å². The summed E-state index contributed by atoms with van der Waals surface area (Å²) in [5, 5.41) is 3.54. The number of anilines is 3. The number of hydrogen-bond donors (Lipinski definition) is 2. The molecular weight excluding hydrogens is 494 g/mol. The molecule has 1 aliphatic rings. The van der Waals surface area contributed by atoms with Crippen LogP contribution in [0.25, 0.3) is 0 Å². The SMILES string of the molecule is COc1ccc(CN(Cc2ccc(OC)cc2)c2nccc(NC3CCN(C(=O)OC(C)(C)C)C3)c2N)cc1. The number of hydrogen-bond acceptors (Lipinski definition) is 8. The summed E-state index contributed by atoms with van der Waals surface area (Å²) in [7, 11) is 3.32. The quantitative estimate of drug-likeness (QED) is 0.382. The van der Waals surface area contributed by atoms with Crippen LogP contribution in [0, 0.1) is 0 Å². The fourth-order valence-corrected chi connectivity index (χ4v) is 4.54. The number of rotatable bonds is 9. The third-order valence-electron chi connectivity index (χ3n) is 6.53. The molecular formula is C30H39N5O4. The summed E-state index contributed by atoms with van der Waals surface area (Å²) < 4.78 is 16.2. The monoisotopic (exact) mass is 533 g/mol. The van der Waals surface area contributed by atoms with Crippen molar-refractivity contribution in [3.63, 3.8) is 0 Å². The number of ether oxygens (including phenoxy) is 3. The minimum atomic E-state index is -0.524. The number of carbonyl (C=O) groups excluding carboxylic acids is 1. The molecule has 1 saturated heterocycles. The Hall–Kier alpha value is -4.14. The lowest BCUT2D eigenvalue weighted by Gasteiger charge is -2.27. The van der Waals surface area contributed by atoms with Crippen LogP contribution in [0.4, 0.5) is 22.0 Å². The molecule has 0 saturated carbocycles. The van der Waals surface area contributed by atoms with Crippen LogP contribution in [0.1, 0.15) is 38.3 Å². The highest BCUT2D eigenvalue weighted by molar-refractivity contribution is 5.78. The normalized spacial score (nSPS) is 15.1. The minimum Gasteiger partial charge on any atom is -0.497 e. The van der Waals surface area contributed by atoms with E-state index in [0.717, 1.165) is 34.7 Å². The number of nitrogens with zero attached hydrogens (tertiary/aromatic N) is 3. The molecule has 0 spiro atoms. The zero-order valence-corrected chi connectivity index (χ0v) is 23.4. The standard InChI is InChI=1S/C30H39N5O4/c1-30(2,3)39-29(36)34-17-15-23(20-34)33-26-14-16-32-28(27(26)31)35(18-21-6-10-24(37-4)11-7-21)19-22-8-12-25(38-5)13-9-22/h6-14,16,23H,15,17-20,31H2,1-5H3,(H,32,33). The largest absolute Gasteiger partial charge is 0.497 e. The van der Waals surface area contributed by atoms with Gasteiger partial charge < -0.3 is 35.1 Å². The van der Waals surface area contributed by atoms with Gasteiger partial charge in [0.25, 0.3) is 0 Å². The Morgan fingerprint density at radius 1 is 1.00 bits per heavy atom. The summed E-state index contributed by atoms with van der Waals surface area (Å²) in [4.78, 5) is 21.1. The number of methoxy groups -OCH3 is 2. The van der Waals surface area contributed by atoms with Gasteiger partial charge in [-0.25, -0.2) is 9.78 Å². The van der Waals surface area contributed by atoms with Gasteiger partial charge in [-0.3, -0.25) is 0 Å². The lowest BCUT2D eigenvalue weighted by Crippen LogP contribution is -2.36. The van der Waals surface area contributed by atoms with Gasteiger partial charge in [-0.1, -0.05) is 24.3 Å². The number of aromatic nitrogens is 1. The first-order valence-electron chi connectivity index (χ1n) is 13.1. The molecule has 1 aliphatic heterocycles. The van der Waals surface area contributed by atoms with E-state index < -0.39 is 5.60 Å². The van der Waals surface area contributed by atoms with Gasteiger partial charge in [0.15, 0.2) is 5.82 Å². The molecule has 9 nitrogen and oxygen atoms in total. The van der Waals surface area contributed by atoms with E-state index in [2.05, 4.69) is 15.2 Å². The van der Waals surface area contributed by atoms with Crippen LogP contribution in [0.2, 0.25) is 0 Å². The highest BCUT2D eigenvalue weighted by Crippen LogP contribution is 2.32. The number of carbonyl (C=O) groups is 1. The molecule has 1 atom stereocenters. The topological polar surface area (TPSA) is 102 Å². The first-order valence-corrected chi connectivity index (χ1v) is 13.1. The molecule has 1 unspecified atom stereocenters. The highest BCUT2D eigenvalue weighted by atomic mass is 16.6. The fourth-order valence-electron chi connectivity index (χ4n) is 4.54. The van der Waals surface area contributed by atoms with E-state index in [1.165, 1.54) is 0 Å². The molecule has 208 valence electrons. The summed E-state index contributed by atoms with van der Waals surface area (Å²) in [6.45, 7) is 8.01. The number of amides is 1. The van der Waals surface area contributed by atoms with Crippen molar-refractivity contribution in [1.29, 1.82) is 0 Å². The zero-order valence-electron chi connectivity index (χ0n) is 23.4. The minimum absolute atomic E-state index is 0.0618. The van der Waals surface area contributed by atoms with Gasteiger partial charge in [0, 0.05) is 38.4 Å². The summed E-state index contributed by atoms with van der Waals surface area (Å²) in [6.07, 6.45) is 2.28. The first kappa shape index (κ1) is 27.9. The molecule has 4 rings (SSSR count). The molecule has 2 aromatic carbocycles. The van der Waals surface area contributed by atoms with E-state index >= 15 is 0 Å². The third-order valence-corrected chi connectivity index (χ3v) is 6.53. The molecule has 3 N–H and O–H groups in total. The van der Waals surface area contributed by atoms with Crippen molar-refractivity contribution in [1.82, 2.24) is 9.88 Å². The van der Waals surface area contributed by atoms with Crippen molar-refractivity contribution >= 4 is 23.3 Å². The number of nitrogens with two attached hydrogens (primary N) is 1. The third kappa shape index (κ3) is 7.46. The lowest BCUT2D eigenvalue weighted by atomic mass is 10.1. The van der Waals surface area contributed by atoms with Crippen molar-refractivity contribution in [2.45, 2.75) is 51.9 Å². The Balaban J connectivity index is 1.54. The zero-order chi connectivity index (χ0) is 28.0. The van der Waals surface area contributed by atoms with Gasteiger partial charge in [0.05, 0.1) is 25.6 Å². The molecule has 0 radical (unpaired) electrons. The van der Waals surface area contributed by atoms with E-state index in [1.54, 1.807) is 25.3 Å². The number of nitrogens with one attached hydrogen (secondary N) is 1. The Morgan fingerprint density at radius 3 is 2.08 bits per heavy atom. The van der Waals surface area contributed by atoms with Gasteiger partial charge in [0.2, 0.25) is 0 Å². The molecule has 39 heavy (non-hydrogen) atoms. The maximum atomic E-state index is 12.5. The van der Waals surface area contributed by atoms with Crippen LogP contribution in [0.3, 0.4) is 0 Å². The van der Waals surface area contributed by atoms with Crippen LogP contribution in [0.5, 0.6) is 11.5 Å². The van der Waals surface area contributed by atoms with Crippen molar-refractivity contribution < 1.29 is 19.0 Å². The van der Waals surface area contributed by atoms with Gasteiger partial charge >= 0.3 is 6.09 Å². The van der Waals surface area contributed by atoms with E-state index in [-0.39, 0.29) is 12.1 Å². The van der Waals surface area contributed by atoms with Crippen LogP contribution < -0.4 is 25.4 Å². The fraction of sp³-hybridized carbons (Fsp3) is 0.400. The first-order chi connectivity index (χ1) is 18.6. The highest BCUT2D eigenvalue weighted by Gasteiger charge is 2.30. The maximum Gasteiger partial charge on any atom is 0.410 e. The number of pyridine rings is 1. The second-order valence-corrected chi connectivity index (χ2v) is 10.7. The smallest absolute Gasteiger partial charge is 0.410 e. The Morgan fingerprint density at radius 2 is 1.56 bits per heavy atom. The van der Waals surface area contributed by atoms with Gasteiger partial charge in [-0.2, -0.15) is 0 Å². The predicted octanol–water partition coefficient (Wildman–Crippen LogP) is 5.31. The number of benzene rings is 2. The van der Waals surface area contributed by atoms with Gasteiger partial charge in [-0.05, 0) is 68.7 Å². The molecule has 1 amide bonds. The van der Waals surface area contributed by atoms with E-state index in [0.29, 0.717) is 37.7 Å². The summed E-state index contributed by atoms with van der Waals surface area (Å²) in [5.74, 6) is 2.30. The van der Waals surface area contributed by atoms with Crippen LogP contribution >= 0.6 is 0 Å². The van der Waals surface area contributed by atoms with Crippen molar-refractivity contribution in [2.75, 3.05) is 43.3 Å². The molecule has 1 fully saturated rings. The van der Waals surface area contributed by atoms with Gasteiger partial charge in [-0.15, -0.1) is 0 Å². The summed E-state index contributed by atoms with van der Waals surface area (Å²) in [6, 6.07) is 17.9. The van der Waals surface area contributed by atoms with E-state index in [4.69, 9.17) is 19.9 Å². The second-order valence-electron chi connectivity index (χ2n) is 10.7. The molecule has 3 aromatic rings. The Kier molecular flexibility index (Phi) is 8.69. The van der Waals surface area contributed by atoms with Gasteiger partial charge in [0.1, 0.15) is 17.1 Å². The second kappa shape index (κ2) is 12.1. The Labute approximate surface area is 230 Å².